The van der Waals surface area contributed by atoms with Crippen molar-refractivity contribution >= 4 is 34.5 Å². The zero-order valence-corrected chi connectivity index (χ0v) is 16.0. The van der Waals surface area contributed by atoms with Gasteiger partial charge < -0.3 is 14.8 Å². The number of halogens is 1. The summed E-state index contributed by atoms with van der Waals surface area (Å²) in [5, 5.41) is 5.33. The Morgan fingerprint density at radius 2 is 2.00 bits per heavy atom. The number of ether oxygens (including phenoxy) is 2. The van der Waals surface area contributed by atoms with Crippen molar-refractivity contribution in [3.05, 3.63) is 74.9 Å². The highest BCUT2D eigenvalue weighted by atomic mass is 35.5. The molecule has 0 radical (unpaired) electrons. The monoisotopic (exact) mass is 387 g/mol. The van der Waals surface area contributed by atoms with Gasteiger partial charge in [0.1, 0.15) is 6.61 Å². The number of thiophene rings is 1. The number of amides is 1. The molecule has 0 fully saturated rings. The average Bonchev–Trinajstić information content (AvgIpc) is 3.09. The molecule has 6 heteroatoms. The van der Waals surface area contributed by atoms with Gasteiger partial charge in [0.15, 0.2) is 11.5 Å². The van der Waals surface area contributed by atoms with E-state index in [1.165, 1.54) is 11.3 Å². The number of aryl methyl sites for hydroxylation is 1. The summed E-state index contributed by atoms with van der Waals surface area (Å²) in [6.45, 7) is 2.36. The SMILES string of the molecule is COc1cc(C)ccc1OCc1csc(C(=O)Nc2cccc(Cl)c2)c1. The summed E-state index contributed by atoms with van der Waals surface area (Å²) < 4.78 is 11.2. The molecule has 0 atom stereocenters. The highest BCUT2D eigenvalue weighted by molar-refractivity contribution is 7.12. The Morgan fingerprint density at radius 3 is 2.77 bits per heavy atom. The van der Waals surface area contributed by atoms with Gasteiger partial charge >= 0.3 is 0 Å². The number of hydrogen-bond donors (Lipinski definition) is 1. The number of rotatable bonds is 6. The Kier molecular flexibility index (Phi) is 5.81. The van der Waals surface area contributed by atoms with Crippen molar-refractivity contribution in [3.8, 4) is 11.5 Å². The molecule has 0 aliphatic rings. The third kappa shape index (κ3) is 4.56. The molecule has 0 bridgehead atoms. The number of nitrogens with one attached hydrogen (secondary N) is 1. The van der Waals surface area contributed by atoms with E-state index in [1.54, 1.807) is 31.4 Å². The van der Waals surface area contributed by atoms with Crippen LogP contribution in [0.5, 0.6) is 11.5 Å². The lowest BCUT2D eigenvalue weighted by molar-refractivity contribution is 0.103. The fraction of sp³-hybridized carbons (Fsp3) is 0.150. The average molecular weight is 388 g/mol. The predicted molar refractivity (Wildman–Crippen MR) is 106 cm³/mol. The second-order valence-corrected chi connectivity index (χ2v) is 7.07. The highest BCUT2D eigenvalue weighted by Crippen LogP contribution is 2.29. The zero-order chi connectivity index (χ0) is 18.5. The molecule has 1 aromatic heterocycles. The largest absolute Gasteiger partial charge is 0.493 e. The molecule has 0 saturated heterocycles. The molecular formula is C20H18ClNO3S. The lowest BCUT2D eigenvalue weighted by atomic mass is 10.2. The van der Waals surface area contributed by atoms with Crippen LogP contribution >= 0.6 is 22.9 Å². The van der Waals surface area contributed by atoms with E-state index in [-0.39, 0.29) is 5.91 Å². The highest BCUT2D eigenvalue weighted by Gasteiger charge is 2.11. The van der Waals surface area contributed by atoms with E-state index in [0.29, 0.717) is 33.7 Å². The van der Waals surface area contributed by atoms with Gasteiger partial charge in [-0.05, 0) is 54.3 Å². The van der Waals surface area contributed by atoms with Crippen LogP contribution in [0.1, 0.15) is 20.8 Å². The fourth-order valence-corrected chi connectivity index (χ4v) is 3.37. The zero-order valence-electron chi connectivity index (χ0n) is 14.4. The summed E-state index contributed by atoms with van der Waals surface area (Å²) in [6.07, 6.45) is 0. The van der Waals surface area contributed by atoms with Gasteiger partial charge in [-0.2, -0.15) is 0 Å². The summed E-state index contributed by atoms with van der Waals surface area (Å²) in [6, 6.07) is 14.7. The molecule has 4 nitrogen and oxygen atoms in total. The maximum absolute atomic E-state index is 12.3. The van der Waals surface area contributed by atoms with E-state index in [4.69, 9.17) is 21.1 Å². The quantitative estimate of drug-likeness (QED) is 0.603. The maximum Gasteiger partial charge on any atom is 0.265 e. The van der Waals surface area contributed by atoms with E-state index in [9.17, 15) is 4.79 Å². The Hall–Kier alpha value is -2.50. The van der Waals surface area contributed by atoms with Crippen molar-refractivity contribution in [2.75, 3.05) is 12.4 Å². The minimum atomic E-state index is -0.170. The van der Waals surface area contributed by atoms with Gasteiger partial charge in [0.05, 0.1) is 12.0 Å². The van der Waals surface area contributed by atoms with Crippen LogP contribution in [0.2, 0.25) is 5.02 Å². The first-order valence-corrected chi connectivity index (χ1v) is 9.22. The number of carbonyl (C=O) groups is 1. The Morgan fingerprint density at radius 1 is 1.15 bits per heavy atom. The Bertz CT molecular complexity index is 923. The molecule has 0 aliphatic heterocycles. The van der Waals surface area contributed by atoms with Crippen LogP contribution in [-0.4, -0.2) is 13.0 Å². The van der Waals surface area contributed by atoms with Gasteiger partial charge in [0.25, 0.3) is 5.91 Å². The standard InChI is InChI=1S/C20H18ClNO3S/c1-13-6-7-17(18(8-13)24-2)25-11-14-9-19(26-12-14)20(23)22-16-5-3-4-15(21)10-16/h3-10,12H,11H2,1-2H3,(H,22,23). The number of hydrogen-bond acceptors (Lipinski definition) is 4. The van der Waals surface area contributed by atoms with Crippen LogP contribution in [0.4, 0.5) is 5.69 Å². The molecule has 1 amide bonds. The summed E-state index contributed by atoms with van der Waals surface area (Å²) >= 11 is 7.31. The molecule has 2 aromatic carbocycles. The first-order chi connectivity index (χ1) is 12.5. The van der Waals surface area contributed by atoms with Crippen molar-refractivity contribution in [3.63, 3.8) is 0 Å². The smallest absolute Gasteiger partial charge is 0.265 e. The van der Waals surface area contributed by atoms with Crippen molar-refractivity contribution in [2.45, 2.75) is 13.5 Å². The summed E-state index contributed by atoms with van der Waals surface area (Å²) in [4.78, 5) is 13.0. The number of carbonyl (C=O) groups excluding carboxylic acids is 1. The summed E-state index contributed by atoms with van der Waals surface area (Å²) in [5.74, 6) is 1.20. The van der Waals surface area contributed by atoms with Gasteiger partial charge in [-0.25, -0.2) is 0 Å². The van der Waals surface area contributed by atoms with Crippen molar-refractivity contribution in [1.82, 2.24) is 0 Å². The van der Waals surface area contributed by atoms with E-state index < -0.39 is 0 Å². The predicted octanol–water partition coefficient (Wildman–Crippen LogP) is 5.55. The first-order valence-electron chi connectivity index (χ1n) is 7.97. The van der Waals surface area contributed by atoms with Crippen molar-refractivity contribution < 1.29 is 14.3 Å². The third-order valence-electron chi connectivity index (χ3n) is 3.67. The minimum Gasteiger partial charge on any atom is -0.493 e. The molecule has 134 valence electrons. The number of benzene rings is 2. The molecule has 1 heterocycles. The van der Waals surface area contributed by atoms with Gasteiger partial charge in [-0.1, -0.05) is 23.7 Å². The summed E-state index contributed by atoms with van der Waals surface area (Å²) in [7, 11) is 1.62. The van der Waals surface area contributed by atoms with Crippen LogP contribution in [0.25, 0.3) is 0 Å². The minimum absolute atomic E-state index is 0.170. The molecule has 3 aromatic rings. The first kappa shape index (κ1) is 18.3. The lowest BCUT2D eigenvalue weighted by Crippen LogP contribution is -2.10. The molecule has 1 N–H and O–H groups in total. The molecule has 0 unspecified atom stereocenters. The second kappa shape index (κ2) is 8.25. The second-order valence-electron chi connectivity index (χ2n) is 5.73. The number of anilines is 1. The van der Waals surface area contributed by atoms with Gasteiger partial charge in [0, 0.05) is 16.3 Å². The fourth-order valence-electron chi connectivity index (χ4n) is 2.38. The van der Waals surface area contributed by atoms with Gasteiger partial charge in [-0.15, -0.1) is 11.3 Å². The van der Waals surface area contributed by atoms with Crippen molar-refractivity contribution in [2.24, 2.45) is 0 Å². The normalized spacial score (nSPS) is 10.4. The van der Waals surface area contributed by atoms with E-state index in [1.807, 2.05) is 36.6 Å². The molecular weight excluding hydrogens is 370 g/mol. The molecule has 0 saturated carbocycles. The maximum atomic E-state index is 12.3. The van der Waals surface area contributed by atoms with Crippen LogP contribution in [0, 0.1) is 6.92 Å². The van der Waals surface area contributed by atoms with Crippen molar-refractivity contribution in [1.29, 1.82) is 0 Å². The lowest BCUT2D eigenvalue weighted by Gasteiger charge is -2.10. The van der Waals surface area contributed by atoms with E-state index in [0.717, 1.165) is 11.1 Å². The number of methoxy groups -OCH3 is 1. The molecule has 26 heavy (non-hydrogen) atoms. The van der Waals surface area contributed by atoms with E-state index >= 15 is 0 Å². The van der Waals surface area contributed by atoms with Crippen LogP contribution < -0.4 is 14.8 Å². The summed E-state index contributed by atoms with van der Waals surface area (Å²) in [5.41, 5.74) is 2.69. The molecule has 0 spiro atoms. The van der Waals surface area contributed by atoms with Gasteiger partial charge in [-0.3, -0.25) is 4.79 Å². The molecule has 3 rings (SSSR count). The Balaban J connectivity index is 1.63. The van der Waals surface area contributed by atoms with Crippen LogP contribution in [0.15, 0.2) is 53.9 Å². The third-order valence-corrected chi connectivity index (χ3v) is 4.89. The molecule has 0 aliphatic carbocycles. The topological polar surface area (TPSA) is 47.6 Å². The Labute approximate surface area is 161 Å². The van der Waals surface area contributed by atoms with Crippen LogP contribution in [-0.2, 0) is 6.61 Å². The van der Waals surface area contributed by atoms with E-state index in [2.05, 4.69) is 5.32 Å². The van der Waals surface area contributed by atoms with Crippen LogP contribution in [0.3, 0.4) is 0 Å². The van der Waals surface area contributed by atoms with Gasteiger partial charge in [0.2, 0.25) is 0 Å².